The van der Waals surface area contributed by atoms with Crippen LogP contribution in [0.25, 0.3) is 0 Å². The van der Waals surface area contributed by atoms with Crippen molar-refractivity contribution in [2.45, 2.75) is 11.4 Å². The molecule has 0 spiro atoms. The Kier molecular flexibility index (Phi) is 5.05. The van der Waals surface area contributed by atoms with Gasteiger partial charge in [-0.15, -0.1) is 11.8 Å². The Labute approximate surface area is 121 Å². The van der Waals surface area contributed by atoms with Crippen LogP contribution in [-0.4, -0.2) is 25.1 Å². The third-order valence-electron chi connectivity index (χ3n) is 2.47. The van der Waals surface area contributed by atoms with Crippen molar-refractivity contribution in [1.82, 2.24) is 9.88 Å². The minimum atomic E-state index is -3.31. The number of thioether (sulfide) groups is 1. The standard InChI is InChI=1S/C12H15N3O3S2/c13-10-1-3-12(4-2-10)19-7-8-20(16,17)14-9-11-5-6-18-15-11/h1-6,14H,7-9,13H2. The molecule has 0 saturated heterocycles. The number of hydrogen-bond donors (Lipinski definition) is 2. The van der Waals surface area contributed by atoms with E-state index in [1.807, 2.05) is 12.1 Å². The molecule has 0 atom stereocenters. The van der Waals surface area contributed by atoms with Crippen LogP contribution < -0.4 is 10.5 Å². The van der Waals surface area contributed by atoms with Crippen LogP contribution in [-0.2, 0) is 16.6 Å². The Bertz CT molecular complexity index is 624. The molecule has 0 saturated carbocycles. The molecule has 0 fully saturated rings. The van der Waals surface area contributed by atoms with E-state index in [-0.39, 0.29) is 12.3 Å². The second-order valence-electron chi connectivity index (χ2n) is 4.05. The normalized spacial score (nSPS) is 11.6. The maximum atomic E-state index is 11.8. The van der Waals surface area contributed by atoms with Gasteiger partial charge >= 0.3 is 0 Å². The highest BCUT2D eigenvalue weighted by Crippen LogP contribution is 2.19. The fourth-order valence-electron chi connectivity index (χ4n) is 1.42. The number of aromatic nitrogens is 1. The summed E-state index contributed by atoms with van der Waals surface area (Å²) >= 11 is 1.47. The lowest BCUT2D eigenvalue weighted by Gasteiger charge is -2.05. The molecule has 0 amide bonds. The molecule has 20 heavy (non-hydrogen) atoms. The minimum absolute atomic E-state index is 0.0416. The number of sulfonamides is 1. The molecule has 0 bridgehead atoms. The molecule has 0 radical (unpaired) electrons. The van der Waals surface area contributed by atoms with Gasteiger partial charge in [0.05, 0.1) is 18.0 Å². The van der Waals surface area contributed by atoms with Crippen LogP contribution in [0.3, 0.4) is 0 Å². The van der Waals surface area contributed by atoms with Gasteiger partial charge < -0.3 is 10.3 Å². The third-order valence-corrected chi connectivity index (χ3v) is 5.06. The molecule has 1 aromatic heterocycles. The average Bonchev–Trinajstić information content (AvgIpc) is 2.92. The quantitative estimate of drug-likeness (QED) is 0.593. The molecule has 0 aliphatic carbocycles. The van der Waals surface area contributed by atoms with E-state index >= 15 is 0 Å². The maximum absolute atomic E-state index is 11.8. The monoisotopic (exact) mass is 313 g/mol. The van der Waals surface area contributed by atoms with Crippen molar-refractivity contribution >= 4 is 27.5 Å². The first-order chi connectivity index (χ1) is 9.55. The van der Waals surface area contributed by atoms with Crippen molar-refractivity contribution in [2.75, 3.05) is 17.2 Å². The van der Waals surface area contributed by atoms with Gasteiger partial charge in [0.25, 0.3) is 0 Å². The van der Waals surface area contributed by atoms with Crippen LogP contribution >= 0.6 is 11.8 Å². The van der Waals surface area contributed by atoms with Gasteiger partial charge in [-0.25, -0.2) is 13.1 Å². The van der Waals surface area contributed by atoms with Gasteiger partial charge in [-0.3, -0.25) is 0 Å². The summed E-state index contributed by atoms with van der Waals surface area (Å²) in [5, 5.41) is 3.64. The largest absolute Gasteiger partial charge is 0.399 e. The first-order valence-electron chi connectivity index (χ1n) is 5.90. The van der Waals surface area contributed by atoms with E-state index in [2.05, 4.69) is 14.4 Å². The maximum Gasteiger partial charge on any atom is 0.212 e. The number of nitrogens with zero attached hydrogens (tertiary/aromatic N) is 1. The van der Waals surface area contributed by atoms with E-state index in [9.17, 15) is 8.42 Å². The highest BCUT2D eigenvalue weighted by atomic mass is 32.2. The molecular formula is C12H15N3O3S2. The Morgan fingerprint density at radius 3 is 2.65 bits per heavy atom. The molecule has 0 unspecified atom stereocenters. The summed E-state index contributed by atoms with van der Waals surface area (Å²) < 4.78 is 30.6. The Balaban J connectivity index is 1.76. The number of anilines is 1. The number of nitrogens with two attached hydrogens (primary N) is 1. The van der Waals surface area contributed by atoms with Gasteiger partial charge in [-0.2, -0.15) is 0 Å². The zero-order chi connectivity index (χ0) is 14.4. The molecule has 2 rings (SSSR count). The predicted molar refractivity (Wildman–Crippen MR) is 78.7 cm³/mol. The van der Waals surface area contributed by atoms with E-state index in [1.54, 1.807) is 18.2 Å². The van der Waals surface area contributed by atoms with Gasteiger partial charge in [0.15, 0.2) is 0 Å². The van der Waals surface area contributed by atoms with Crippen molar-refractivity contribution < 1.29 is 12.9 Å². The van der Waals surface area contributed by atoms with Crippen molar-refractivity contribution in [3.8, 4) is 0 Å². The number of hydrogen-bond acceptors (Lipinski definition) is 6. The summed E-state index contributed by atoms with van der Waals surface area (Å²) in [4.78, 5) is 0.992. The van der Waals surface area contributed by atoms with Crippen molar-refractivity contribution in [3.05, 3.63) is 42.3 Å². The van der Waals surface area contributed by atoms with E-state index in [4.69, 9.17) is 5.73 Å². The summed E-state index contributed by atoms with van der Waals surface area (Å²) in [6, 6.07) is 8.94. The van der Waals surface area contributed by atoms with Crippen LogP contribution in [0, 0.1) is 0 Å². The topological polar surface area (TPSA) is 98.2 Å². The second kappa shape index (κ2) is 6.78. The van der Waals surface area contributed by atoms with Gasteiger partial charge in [0, 0.05) is 22.4 Å². The number of benzene rings is 1. The van der Waals surface area contributed by atoms with Gasteiger partial charge in [0.1, 0.15) is 6.26 Å². The lowest BCUT2D eigenvalue weighted by atomic mass is 10.3. The highest BCUT2D eigenvalue weighted by molar-refractivity contribution is 8.00. The first kappa shape index (κ1) is 14.9. The van der Waals surface area contributed by atoms with Crippen LogP contribution in [0.2, 0.25) is 0 Å². The second-order valence-corrected chi connectivity index (χ2v) is 7.14. The number of nitrogens with one attached hydrogen (secondary N) is 1. The number of nitrogen functional groups attached to an aromatic ring is 1. The first-order valence-corrected chi connectivity index (χ1v) is 8.54. The summed E-state index contributed by atoms with van der Waals surface area (Å²) in [6.07, 6.45) is 1.40. The molecular weight excluding hydrogens is 298 g/mol. The Hall–Kier alpha value is -1.51. The molecule has 0 aliphatic rings. The molecule has 8 heteroatoms. The van der Waals surface area contributed by atoms with E-state index < -0.39 is 10.0 Å². The van der Waals surface area contributed by atoms with Crippen molar-refractivity contribution in [2.24, 2.45) is 0 Å². The third kappa shape index (κ3) is 4.87. The molecule has 1 aromatic carbocycles. The predicted octanol–water partition coefficient (Wildman–Crippen LogP) is 1.47. The van der Waals surface area contributed by atoms with E-state index in [0.29, 0.717) is 17.1 Å². The van der Waals surface area contributed by atoms with Gasteiger partial charge in [-0.05, 0) is 24.3 Å². The molecule has 1 heterocycles. The smallest absolute Gasteiger partial charge is 0.212 e. The van der Waals surface area contributed by atoms with E-state index in [0.717, 1.165) is 4.90 Å². The Morgan fingerprint density at radius 2 is 2.00 bits per heavy atom. The van der Waals surface area contributed by atoms with Crippen molar-refractivity contribution in [1.29, 1.82) is 0 Å². The molecule has 3 N–H and O–H groups in total. The lowest BCUT2D eigenvalue weighted by molar-refractivity contribution is 0.411. The van der Waals surface area contributed by atoms with E-state index in [1.165, 1.54) is 18.0 Å². The van der Waals surface area contributed by atoms with Gasteiger partial charge in [-0.1, -0.05) is 5.16 Å². The Morgan fingerprint density at radius 1 is 1.25 bits per heavy atom. The summed E-state index contributed by atoms with van der Waals surface area (Å²) in [6.45, 7) is 0.144. The zero-order valence-electron chi connectivity index (χ0n) is 10.7. The minimum Gasteiger partial charge on any atom is -0.399 e. The molecule has 0 aliphatic heterocycles. The van der Waals surface area contributed by atoms with Crippen LogP contribution in [0.5, 0.6) is 0 Å². The SMILES string of the molecule is Nc1ccc(SCCS(=O)(=O)NCc2ccon2)cc1. The molecule has 108 valence electrons. The zero-order valence-corrected chi connectivity index (χ0v) is 12.3. The highest BCUT2D eigenvalue weighted by Gasteiger charge is 2.11. The van der Waals surface area contributed by atoms with Crippen LogP contribution in [0.4, 0.5) is 5.69 Å². The molecule has 6 nitrogen and oxygen atoms in total. The summed E-state index contributed by atoms with van der Waals surface area (Å²) in [7, 11) is -3.31. The lowest BCUT2D eigenvalue weighted by Crippen LogP contribution is -2.27. The summed E-state index contributed by atoms with van der Waals surface area (Å²) in [5.74, 6) is 0.512. The summed E-state index contributed by atoms with van der Waals surface area (Å²) in [5.41, 5.74) is 6.83. The number of rotatable bonds is 7. The molecule has 2 aromatic rings. The van der Waals surface area contributed by atoms with Crippen LogP contribution in [0.1, 0.15) is 5.69 Å². The van der Waals surface area contributed by atoms with Gasteiger partial charge in [0.2, 0.25) is 10.0 Å². The average molecular weight is 313 g/mol. The van der Waals surface area contributed by atoms with Crippen molar-refractivity contribution in [3.63, 3.8) is 0 Å². The fourth-order valence-corrected chi connectivity index (χ4v) is 3.71. The fraction of sp³-hybridized carbons (Fsp3) is 0.250. The van der Waals surface area contributed by atoms with Crippen LogP contribution in [0.15, 0.2) is 46.0 Å².